The minimum atomic E-state index is 0.449. The van der Waals surface area contributed by atoms with Gasteiger partial charge >= 0.3 is 0 Å². The van der Waals surface area contributed by atoms with Crippen LogP contribution in [0.3, 0.4) is 0 Å². The highest BCUT2D eigenvalue weighted by molar-refractivity contribution is 6.00. The molecule has 0 aliphatic carbocycles. The average molecular weight is 274 g/mol. The van der Waals surface area contributed by atoms with Gasteiger partial charge in [-0.15, -0.1) is 0 Å². The molecule has 100 valence electrons. The zero-order chi connectivity index (χ0) is 14.4. The summed E-state index contributed by atoms with van der Waals surface area (Å²) in [4.78, 5) is 7.31. The molecular weight excluding hydrogens is 264 g/mol. The van der Waals surface area contributed by atoms with E-state index in [1.807, 2.05) is 30.5 Å². The first-order valence-electron chi connectivity index (χ1n) is 6.38. The number of nitrogen functional groups attached to an aromatic ring is 1. The summed E-state index contributed by atoms with van der Waals surface area (Å²) >= 11 is 0. The van der Waals surface area contributed by atoms with E-state index in [0.717, 1.165) is 33.1 Å². The monoisotopic (exact) mass is 274 g/mol. The van der Waals surface area contributed by atoms with Gasteiger partial charge in [-0.25, -0.2) is 4.98 Å². The van der Waals surface area contributed by atoms with Crippen LogP contribution < -0.4 is 5.73 Å². The fraction of sp³-hybridized carbons (Fsp3) is 0. The maximum Gasteiger partial charge on any atom is 0.153 e. The van der Waals surface area contributed by atoms with E-state index in [1.165, 1.54) is 0 Å². The molecule has 3 aromatic heterocycles. The fourth-order valence-corrected chi connectivity index (χ4v) is 2.59. The Bertz CT molecular complexity index is 1020. The van der Waals surface area contributed by atoms with Gasteiger partial charge in [0, 0.05) is 28.7 Å². The number of pyridine rings is 1. The lowest BCUT2D eigenvalue weighted by molar-refractivity contribution is 1.13. The Balaban J connectivity index is 2.09. The van der Waals surface area contributed by atoms with E-state index in [2.05, 4.69) is 26.2 Å². The third kappa shape index (κ3) is 1.58. The number of benzene rings is 1. The lowest BCUT2D eigenvalue weighted by Gasteiger charge is -2.06. The summed E-state index contributed by atoms with van der Waals surface area (Å²) in [5, 5.41) is 18.0. The number of rotatable bonds is 1. The summed E-state index contributed by atoms with van der Waals surface area (Å²) in [6.07, 6.45) is 3.39. The van der Waals surface area contributed by atoms with Crippen molar-refractivity contribution in [3.05, 3.63) is 42.2 Å². The minimum Gasteiger partial charge on any atom is -0.382 e. The van der Waals surface area contributed by atoms with Crippen LogP contribution in [0.1, 0.15) is 5.56 Å². The number of fused-ring (bicyclic) bond motifs is 2. The molecule has 6 heteroatoms. The Morgan fingerprint density at radius 3 is 2.95 bits per heavy atom. The van der Waals surface area contributed by atoms with Gasteiger partial charge in [0.25, 0.3) is 0 Å². The second-order valence-electron chi connectivity index (χ2n) is 4.77. The summed E-state index contributed by atoms with van der Waals surface area (Å²) in [6, 6.07) is 9.92. The molecule has 0 amide bonds. The van der Waals surface area contributed by atoms with Crippen LogP contribution in [0.5, 0.6) is 0 Å². The van der Waals surface area contributed by atoms with Crippen LogP contribution in [0.15, 0.2) is 36.7 Å². The molecule has 0 saturated carbocycles. The largest absolute Gasteiger partial charge is 0.382 e. The molecule has 0 saturated heterocycles. The number of aromatic nitrogens is 4. The summed E-state index contributed by atoms with van der Waals surface area (Å²) in [7, 11) is 0. The molecule has 4 rings (SSSR count). The van der Waals surface area contributed by atoms with Gasteiger partial charge in [-0.2, -0.15) is 10.4 Å². The third-order valence-electron chi connectivity index (χ3n) is 3.59. The molecule has 0 atom stereocenters. The van der Waals surface area contributed by atoms with E-state index < -0.39 is 0 Å². The van der Waals surface area contributed by atoms with E-state index in [0.29, 0.717) is 11.4 Å². The van der Waals surface area contributed by atoms with Crippen molar-refractivity contribution in [1.82, 2.24) is 20.2 Å². The van der Waals surface area contributed by atoms with Crippen LogP contribution >= 0.6 is 0 Å². The molecule has 1 aromatic carbocycles. The Morgan fingerprint density at radius 2 is 2.10 bits per heavy atom. The van der Waals surface area contributed by atoms with Gasteiger partial charge in [0.15, 0.2) is 5.82 Å². The van der Waals surface area contributed by atoms with Crippen LogP contribution in [-0.4, -0.2) is 20.2 Å². The Hall–Kier alpha value is -3.33. The molecule has 0 fully saturated rings. The van der Waals surface area contributed by atoms with Crippen molar-refractivity contribution in [2.45, 2.75) is 0 Å². The lowest BCUT2D eigenvalue weighted by Crippen LogP contribution is -1.89. The number of hydrogen-bond donors (Lipinski definition) is 3. The number of aromatic amines is 2. The first-order valence-corrected chi connectivity index (χ1v) is 6.38. The number of hydrogen-bond acceptors (Lipinski definition) is 4. The molecule has 0 aliphatic heterocycles. The molecule has 0 bridgehead atoms. The van der Waals surface area contributed by atoms with Gasteiger partial charge in [0.05, 0.1) is 11.1 Å². The van der Waals surface area contributed by atoms with Gasteiger partial charge in [-0.1, -0.05) is 6.07 Å². The summed E-state index contributed by atoms with van der Waals surface area (Å²) in [5.41, 5.74) is 9.78. The average Bonchev–Trinajstić information content (AvgIpc) is 3.13. The first-order chi connectivity index (χ1) is 10.3. The van der Waals surface area contributed by atoms with Gasteiger partial charge in [0.2, 0.25) is 0 Å². The van der Waals surface area contributed by atoms with E-state index in [4.69, 9.17) is 5.73 Å². The molecule has 4 aromatic rings. The molecular formula is C15H10N6. The van der Waals surface area contributed by atoms with Crippen molar-refractivity contribution in [3.63, 3.8) is 0 Å². The van der Waals surface area contributed by atoms with Gasteiger partial charge in [-0.3, -0.25) is 5.10 Å². The Kier molecular flexibility index (Phi) is 2.23. The number of H-pyrrole nitrogens is 2. The SMILES string of the molecule is N#Cc1cnc2[nH]ccc2c1-c1ccc2[nH]nc(N)c2c1. The van der Waals surface area contributed by atoms with E-state index in [9.17, 15) is 5.26 Å². The number of nitriles is 1. The van der Waals surface area contributed by atoms with Crippen LogP contribution in [-0.2, 0) is 0 Å². The van der Waals surface area contributed by atoms with Crippen molar-refractivity contribution in [1.29, 1.82) is 5.26 Å². The molecule has 3 heterocycles. The van der Waals surface area contributed by atoms with E-state index >= 15 is 0 Å². The smallest absolute Gasteiger partial charge is 0.153 e. The fourth-order valence-electron chi connectivity index (χ4n) is 2.59. The molecule has 0 radical (unpaired) electrons. The molecule has 4 N–H and O–H groups in total. The highest BCUT2D eigenvalue weighted by Gasteiger charge is 2.13. The quantitative estimate of drug-likeness (QED) is 0.495. The Morgan fingerprint density at radius 1 is 1.19 bits per heavy atom. The standard InChI is InChI=1S/C15H10N6/c16-6-9-7-19-15-10(3-4-18-15)13(9)8-1-2-12-11(5-8)14(17)21-20-12/h1-5,7H,(H,18,19)(H3,17,20,21). The van der Waals surface area contributed by atoms with Crippen LogP contribution in [0, 0.1) is 11.3 Å². The summed E-state index contributed by atoms with van der Waals surface area (Å²) in [6.45, 7) is 0. The zero-order valence-corrected chi connectivity index (χ0v) is 10.9. The molecule has 0 spiro atoms. The van der Waals surface area contributed by atoms with E-state index in [1.54, 1.807) is 6.20 Å². The lowest BCUT2D eigenvalue weighted by atomic mass is 9.98. The van der Waals surface area contributed by atoms with Crippen molar-refractivity contribution >= 4 is 27.8 Å². The number of anilines is 1. The van der Waals surface area contributed by atoms with Crippen molar-refractivity contribution in [2.24, 2.45) is 0 Å². The predicted molar refractivity (Wildman–Crippen MR) is 80.3 cm³/mol. The maximum absolute atomic E-state index is 9.36. The molecule has 0 aliphatic rings. The van der Waals surface area contributed by atoms with Crippen LogP contribution in [0.2, 0.25) is 0 Å². The van der Waals surface area contributed by atoms with Crippen molar-refractivity contribution in [2.75, 3.05) is 5.73 Å². The predicted octanol–water partition coefficient (Wildman–Crippen LogP) is 2.56. The number of nitrogens with zero attached hydrogens (tertiary/aromatic N) is 3. The van der Waals surface area contributed by atoms with Gasteiger partial charge in [0.1, 0.15) is 11.7 Å². The summed E-state index contributed by atoms with van der Waals surface area (Å²) < 4.78 is 0. The third-order valence-corrected chi connectivity index (χ3v) is 3.59. The maximum atomic E-state index is 9.36. The second kappa shape index (κ2) is 4.08. The van der Waals surface area contributed by atoms with Gasteiger partial charge in [-0.05, 0) is 23.8 Å². The minimum absolute atomic E-state index is 0.449. The van der Waals surface area contributed by atoms with Crippen molar-refractivity contribution in [3.8, 4) is 17.2 Å². The zero-order valence-electron chi connectivity index (χ0n) is 10.9. The molecule has 0 unspecified atom stereocenters. The normalized spacial score (nSPS) is 11.0. The van der Waals surface area contributed by atoms with Gasteiger partial charge < -0.3 is 10.7 Å². The highest BCUT2D eigenvalue weighted by atomic mass is 15.1. The molecule has 21 heavy (non-hydrogen) atoms. The summed E-state index contributed by atoms with van der Waals surface area (Å²) in [5.74, 6) is 0.449. The second-order valence-corrected chi connectivity index (χ2v) is 4.77. The number of nitrogens with one attached hydrogen (secondary N) is 2. The van der Waals surface area contributed by atoms with Crippen LogP contribution in [0.4, 0.5) is 5.82 Å². The Labute approximate surface area is 119 Å². The van der Waals surface area contributed by atoms with E-state index in [-0.39, 0.29) is 0 Å². The molecule has 6 nitrogen and oxygen atoms in total. The topological polar surface area (TPSA) is 107 Å². The first kappa shape index (κ1) is 11.5. The highest BCUT2D eigenvalue weighted by Crippen LogP contribution is 2.33. The number of nitrogens with two attached hydrogens (primary N) is 1. The van der Waals surface area contributed by atoms with Crippen molar-refractivity contribution < 1.29 is 0 Å². The van der Waals surface area contributed by atoms with Crippen LogP contribution in [0.25, 0.3) is 33.1 Å².